The summed E-state index contributed by atoms with van der Waals surface area (Å²) in [6, 6.07) is 11.2. The Labute approximate surface area is 230 Å². The standard InChI is InChI=1S/C25H25F3N6S.2ClH/c1-33-22(18-5-8-20(14-29)30-15-18)31-32-23(33)35-12-2-10-34-11-9-24(16-34)13-21(24)17-3-6-19(7-4-17)25(26,27)28;;/h3-8,15,21H,2,9-13,16H2,1H3;2*1H/t21-,24+;;/m1../s1. The van der Waals surface area contributed by atoms with Crippen molar-refractivity contribution >= 4 is 36.6 Å². The molecule has 5 rings (SSSR count). The summed E-state index contributed by atoms with van der Waals surface area (Å²) in [6.45, 7) is 3.06. The van der Waals surface area contributed by atoms with E-state index >= 15 is 0 Å². The molecule has 198 valence electrons. The molecule has 1 aliphatic carbocycles. The Morgan fingerprint density at radius 3 is 2.54 bits per heavy atom. The second-order valence-electron chi connectivity index (χ2n) is 9.38. The minimum absolute atomic E-state index is 0. The van der Waals surface area contributed by atoms with Crippen molar-refractivity contribution in [2.45, 2.75) is 36.5 Å². The summed E-state index contributed by atoms with van der Waals surface area (Å²) < 4.78 is 40.4. The molecule has 0 radical (unpaired) electrons. The fourth-order valence-electron chi connectivity index (χ4n) is 5.09. The van der Waals surface area contributed by atoms with Crippen LogP contribution in [0.25, 0.3) is 11.4 Å². The summed E-state index contributed by atoms with van der Waals surface area (Å²) in [7, 11) is 1.93. The Balaban J connectivity index is 0.00000190. The molecule has 1 saturated carbocycles. The lowest BCUT2D eigenvalue weighted by Gasteiger charge is -2.16. The van der Waals surface area contributed by atoms with Gasteiger partial charge in [-0.05, 0) is 73.5 Å². The molecule has 1 spiro atoms. The quantitative estimate of drug-likeness (QED) is 0.257. The predicted octanol–water partition coefficient (Wildman–Crippen LogP) is 5.97. The highest BCUT2D eigenvalue weighted by atomic mass is 35.5. The smallest absolute Gasteiger partial charge is 0.305 e. The topological polar surface area (TPSA) is 70.6 Å². The number of thioether (sulfide) groups is 1. The Morgan fingerprint density at radius 2 is 1.89 bits per heavy atom. The van der Waals surface area contributed by atoms with Crippen LogP contribution >= 0.6 is 36.6 Å². The molecule has 0 unspecified atom stereocenters. The van der Waals surface area contributed by atoms with E-state index in [2.05, 4.69) is 20.1 Å². The third-order valence-electron chi connectivity index (χ3n) is 7.12. The lowest BCUT2D eigenvalue weighted by Crippen LogP contribution is -2.23. The van der Waals surface area contributed by atoms with Crippen LogP contribution < -0.4 is 0 Å². The zero-order chi connectivity index (χ0) is 24.6. The van der Waals surface area contributed by atoms with Gasteiger partial charge in [0.25, 0.3) is 0 Å². The number of nitrogens with zero attached hydrogens (tertiary/aromatic N) is 6. The minimum atomic E-state index is -4.28. The Hall–Kier alpha value is -2.32. The summed E-state index contributed by atoms with van der Waals surface area (Å²) in [4.78, 5) is 6.58. The molecule has 0 bridgehead atoms. The van der Waals surface area contributed by atoms with Crippen molar-refractivity contribution in [3.63, 3.8) is 0 Å². The van der Waals surface area contributed by atoms with Gasteiger partial charge in [0.15, 0.2) is 11.0 Å². The molecule has 2 aromatic heterocycles. The van der Waals surface area contributed by atoms with Crippen LogP contribution in [0.2, 0.25) is 0 Å². The highest BCUT2D eigenvalue weighted by molar-refractivity contribution is 7.99. The van der Waals surface area contributed by atoms with Gasteiger partial charge in [-0.3, -0.25) is 0 Å². The largest absolute Gasteiger partial charge is 0.416 e. The number of aromatic nitrogens is 4. The number of hydrogen-bond acceptors (Lipinski definition) is 6. The second kappa shape index (κ2) is 11.6. The van der Waals surface area contributed by atoms with Gasteiger partial charge in [-0.15, -0.1) is 35.0 Å². The normalized spacial score (nSPS) is 20.8. The number of hydrogen-bond donors (Lipinski definition) is 0. The summed E-state index contributed by atoms with van der Waals surface area (Å²) in [5, 5.41) is 18.3. The van der Waals surface area contributed by atoms with E-state index in [9.17, 15) is 13.2 Å². The number of pyridine rings is 1. The van der Waals surface area contributed by atoms with Gasteiger partial charge < -0.3 is 9.47 Å². The fraction of sp³-hybridized carbons (Fsp3) is 0.440. The third-order valence-corrected chi connectivity index (χ3v) is 8.22. The average molecular weight is 572 g/mol. The summed E-state index contributed by atoms with van der Waals surface area (Å²) in [5.74, 6) is 2.01. The second-order valence-corrected chi connectivity index (χ2v) is 10.4. The zero-order valence-electron chi connectivity index (χ0n) is 20.1. The lowest BCUT2D eigenvalue weighted by atomic mass is 9.97. The van der Waals surface area contributed by atoms with Gasteiger partial charge in [0.05, 0.1) is 5.56 Å². The SMILES string of the molecule is Cl.Cl.Cn1c(SCCCN2CC[C@]3(C[C@@H]3c3ccc(C(F)(F)F)cc3)C2)nnc1-c1ccc(C#N)nc1. The van der Waals surface area contributed by atoms with Crippen molar-refractivity contribution in [2.24, 2.45) is 12.5 Å². The van der Waals surface area contributed by atoms with Crippen LogP contribution in [0.1, 0.15) is 42.0 Å². The monoisotopic (exact) mass is 570 g/mol. The minimum Gasteiger partial charge on any atom is -0.305 e. The van der Waals surface area contributed by atoms with Crippen molar-refractivity contribution in [1.29, 1.82) is 5.26 Å². The van der Waals surface area contributed by atoms with Gasteiger partial charge in [-0.2, -0.15) is 18.4 Å². The first-order valence-electron chi connectivity index (χ1n) is 11.6. The molecule has 1 aromatic carbocycles. The van der Waals surface area contributed by atoms with Gasteiger partial charge in [-0.25, -0.2) is 4.98 Å². The van der Waals surface area contributed by atoms with E-state index in [4.69, 9.17) is 5.26 Å². The summed E-state index contributed by atoms with van der Waals surface area (Å²) in [6.07, 6.45) is 0.546. The Kier molecular flexibility index (Phi) is 9.17. The van der Waals surface area contributed by atoms with Gasteiger partial charge in [0.2, 0.25) is 0 Å². The van der Waals surface area contributed by atoms with Gasteiger partial charge in [0.1, 0.15) is 11.8 Å². The number of likely N-dealkylation sites (tertiary alicyclic amines) is 1. The van der Waals surface area contributed by atoms with E-state index in [1.165, 1.54) is 12.1 Å². The predicted molar refractivity (Wildman–Crippen MR) is 141 cm³/mol. The van der Waals surface area contributed by atoms with Crippen LogP contribution in [0.5, 0.6) is 0 Å². The van der Waals surface area contributed by atoms with Crippen LogP contribution in [0.4, 0.5) is 13.2 Å². The van der Waals surface area contributed by atoms with Crippen molar-refractivity contribution in [2.75, 3.05) is 25.4 Å². The molecule has 1 saturated heterocycles. The van der Waals surface area contributed by atoms with Crippen molar-refractivity contribution in [3.8, 4) is 17.5 Å². The van der Waals surface area contributed by atoms with E-state index in [-0.39, 0.29) is 30.2 Å². The number of halogens is 5. The highest BCUT2D eigenvalue weighted by Gasteiger charge is 2.57. The first kappa shape index (κ1) is 29.2. The molecular formula is C25H27Cl2F3N6S. The molecule has 3 heterocycles. The third kappa shape index (κ3) is 6.23. The van der Waals surface area contributed by atoms with Crippen molar-refractivity contribution in [1.82, 2.24) is 24.6 Å². The molecule has 6 nitrogen and oxygen atoms in total. The summed E-state index contributed by atoms with van der Waals surface area (Å²) >= 11 is 1.67. The lowest BCUT2D eigenvalue weighted by molar-refractivity contribution is -0.137. The molecule has 12 heteroatoms. The van der Waals surface area contributed by atoms with Crippen LogP contribution in [0.15, 0.2) is 47.8 Å². The van der Waals surface area contributed by atoms with Crippen molar-refractivity contribution in [3.05, 3.63) is 59.4 Å². The number of benzene rings is 1. The Morgan fingerprint density at radius 1 is 1.14 bits per heavy atom. The van der Waals surface area contributed by atoms with Gasteiger partial charge >= 0.3 is 6.18 Å². The number of alkyl halides is 3. The molecule has 3 aromatic rings. The van der Waals surface area contributed by atoms with E-state index in [1.807, 2.05) is 23.8 Å². The molecule has 2 aliphatic rings. The fourth-order valence-corrected chi connectivity index (χ4v) is 5.92. The van der Waals surface area contributed by atoms with E-state index < -0.39 is 11.7 Å². The van der Waals surface area contributed by atoms with Crippen LogP contribution in [0, 0.1) is 16.7 Å². The molecule has 0 amide bonds. The van der Waals surface area contributed by atoms with Crippen LogP contribution in [0.3, 0.4) is 0 Å². The highest BCUT2D eigenvalue weighted by Crippen LogP contribution is 2.64. The first-order chi connectivity index (χ1) is 16.8. The summed E-state index contributed by atoms with van der Waals surface area (Å²) in [5.41, 5.74) is 1.88. The maximum atomic E-state index is 12.8. The molecule has 1 aliphatic heterocycles. The van der Waals surface area contributed by atoms with E-state index in [0.717, 1.165) is 60.9 Å². The maximum absolute atomic E-state index is 12.8. The molecule has 2 atom stereocenters. The van der Waals surface area contributed by atoms with Crippen LogP contribution in [-0.2, 0) is 13.2 Å². The average Bonchev–Trinajstić information content (AvgIpc) is 3.20. The molecule has 0 N–H and O–H groups in total. The van der Waals surface area contributed by atoms with Crippen LogP contribution in [-0.4, -0.2) is 50.0 Å². The first-order valence-corrected chi connectivity index (χ1v) is 12.6. The molecular weight excluding hydrogens is 544 g/mol. The maximum Gasteiger partial charge on any atom is 0.416 e. The van der Waals surface area contributed by atoms with Crippen molar-refractivity contribution < 1.29 is 13.2 Å². The van der Waals surface area contributed by atoms with Gasteiger partial charge in [-0.1, -0.05) is 23.9 Å². The van der Waals surface area contributed by atoms with E-state index in [0.29, 0.717) is 17.4 Å². The zero-order valence-corrected chi connectivity index (χ0v) is 22.6. The number of rotatable bonds is 7. The van der Waals surface area contributed by atoms with E-state index in [1.54, 1.807) is 36.2 Å². The number of nitriles is 1. The van der Waals surface area contributed by atoms with Gasteiger partial charge in [0, 0.05) is 31.1 Å². The molecule has 37 heavy (non-hydrogen) atoms. The Bertz CT molecular complexity index is 1240. The molecule has 2 fully saturated rings.